The first-order valence-electron chi connectivity index (χ1n) is 6.05. The number of hydrogen-bond acceptors (Lipinski definition) is 2. The molecule has 2 nitrogen and oxygen atoms in total. The molecule has 1 aromatic heterocycles. The lowest BCUT2D eigenvalue weighted by molar-refractivity contribution is 1.21. The second-order valence-electron chi connectivity index (χ2n) is 4.55. The van der Waals surface area contributed by atoms with E-state index in [-0.39, 0.29) is 0 Å². The topological polar surface area (TPSA) is 25.8 Å². The zero-order valence-corrected chi connectivity index (χ0v) is 15.5. The molecule has 0 saturated carbocycles. The van der Waals surface area contributed by atoms with Crippen molar-refractivity contribution in [2.45, 2.75) is 6.92 Å². The summed E-state index contributed by atoms with van der Waals surface area (Å²) in [5.74, 6) is 0.514. The van der Waals surface area contributed by atoms with Crippen LogP contribution in [-0.4, -0.2) is 9.97 Å². The van der Waals surface area contributed by atoms with Crippen molar-refractivity contribution in [1.82, 2.24) is 9.97 Å². The largest absolute Gasteiger partial charge is 0.228 e. The molecule has 1 heterocycles. The van der Waals surface area contributed by atoms with Crippen LogP contribution in [0.5, 0.6) is 0 Å². The summed E-state index contributed by atoms with van der Waals surface area (Å²) < 4.78 is 1.78. The van der Waals surface area contributed by atoms with E-state index in [0.717, 1.165) is 31.0 Å². The molecule has 3 aromatic rings. The molecule has 106 valence electrons. The number of hydrogen-bond donors (Lipinski definition) is 0. The van der Waals surface area contributed by atoms with Gasteiger partial charge in [-0.3, -0.25) is 0 Å². The van der Waals surface area contributed by atoms with E-state index < -0.39 is 0 Å². The van der Waals surface area contributed by atoms with Gasteiger partial charge in [0.1, 0.15) is 5.15 Å². The van der Waals surface area contributed by atoms with E-state index in [1.807, 2.05) is 31.2 Å². The van der Waals surface area contributed by atoms with Crippen LogP contribution in [-0.2, 0) is 0 Å². The van der Waals surface area contributed by atoms with Crippen LogP contribution >= 0.6 is 55.1 Å². The Bertz CT molecular complexity index is 866. The summed E-state index contributed by atoms with van der Waals surface area (Å²) in [4.78, 5) is 9.03. The van der Waals surface area contributed by atoms with E-state index in [0.29, 0.717) is 16.0 Å². The van der Waals surface area contributed by atoms with Crippen LogP contribution in [0.4, 0.5) is 0 Å². The van der Waals surface area contributed by atoms with E-state index in [2.05, 4.69) is 41.8 Å². The quantitative estimate of drug-likeness (QED) is 0.402. The predicted octanol–water partition coefficient (Wildman–Crippen LogP) is 6.44. The Morgan fingerprint density at radius 2 is 1.76 bits per heavy atom. The lowest BCUT2D eigenvalue weighted by Crippen LogP contribution is -1.95. The Morgan fingerprint density at radius 3 is 2.52 bits per heavy atom. The Morgan fingerprint density at radius 1 is 1.00 bits per heavy atom. The monoisotopic (exact) mass is 444 g/mol. The molecular weight excluding hydrogens is 439 g/mol. The average molecular weight is 447 g/mol. The zero-order valence-electron chi connectivity index (χ0n) is 10.8. The minimum absolute atomic E-state index is 0.404. The fourth-order valence-electron chi connectivity index (χ4n) is 2.08. The third-order valence-electron chi connectivity index (χ3n) is 3.13. The summed E-state index contributed by atoms with van der Waals surface area (Å²) in [6, 6.07) is 9.49. The SMILES string of the molecule is Cc1ccc(Br)c2c(Cl)nc(-c3cc(Br)ccc3Cl)nc12. The normalized spacial score (nSPS) is 11.1. The number of aromatic nitrogens is 2. The highest BCUT2D eigenvalue weighted by Crippen LogP contribution is 2.35. The minimum Gasteiger partial charge on any atom is -0.228 e. The third-order valence-corrected chi connectivity index (χ3v) is 4.88. The van der Waals surface area contributed by atoms with Crippen LogP contribution in [0.25, 0.3) is 22.3 Å². The van der Waals surface area contributed by atoms with Crippen LogP contribution in [0.2, 0.25) is 10.2 Å². The Balaban J connectivity index is 2.35. The first-order chi connectivity index (χ1) is 9.97. The van der Waals surface area contributed by atoms with E-state index in [1.165, 1.54) is 0 Å². The molecule has 0 atom stereocenters. The van der Waals surface area contributed by atoms with Gasteiger partial charge in [0, 0.05) is 14.5 Å². The minimum atomic E-state index is 0.404. The number of nitrogens with zero attached hydrogens (tertiary/aromatic N) is 2. The van der Waals surface area contributed by atoms with Gasteiger partial charge in [-0.1, -0.05) is 45.2 Å². The standard InChI is InChI=1S/C15H8Br2Cl2N2/c1-7-2-4-10(17)12-13(7)20-15(21-14(12)19)9-6-8(16)3-5-11(9)18/h2-6H,1H3. The molecule has 0 saturated heterocycles. The van der Waals surface area contributed by atoms with Gasteiger partial charge in [0.2, 0.25) is 0 Å². The highest BCUT2D eigenvalue weighted by molar-refractivity contribution is 9.11. The van der Waals surface area contributed by atoms with Gasteiger partial charge in [-0.2, -0.15) is 0 Å². The second-order valence-corrected chi connectivity index (χ2v) is 7.09. The summed E-state index contributed by atoms with van der Waals surface area (Å²) in [6.45, 7) is 1.99. The van der Waals surface area contributed by atoms with Gasteiger partial charge in [-0.25, -0.2) is 9.97 Å². The summed E-state index contributed by atoms with van der Waals surface area (Å²) >= 11 is 19.5. The molecule has 3 rings (SSSR count). The van der Waals surface area contributed by atoms with Crippen molar-refractivity contribution < 1.29 is 0 Å². The Kier molecular flexibility index (Phi) is 4.23. The molecule has 0 radical (unpaired) electrons. The maximum Gasteiger partial charge on any atom is 0.163 e. The first-order valence-corrected chi connectivity index (χ1v) is 8.39. The molecule has 6 heteroatoms. The molecule has 0 aliphatic carbocycles. The lowest BCUT2D eigenvalue weighted by Gasteiger charge is -2.09. The summed E-state index contributed by atoms with van der Waals surface area (Å²) in [5, 5.41) is 1.80. The number of rotatable bonds is 1. The Hall–Kier alpha value is -0.680. The van der Waals surface area contributed by atoms with Crippen LogP contribution in [0.15, 0.2) is 39.3 Å². The van der Waals surface area contributed by atoms with Crippen LogP contribution in [0, 0.1) is 6.92 Å². The van der Waals surface area contributed by atoms with E-state index in [4.69, 9.17) is 23.2 Å². The van der Waals surface area contributed by atoms with Crippen LogP contribution in [0.3, 0.4) is 0 Å². The summed E-state index contributed by atoms with van der Waals surface area (Å²) in [5.41, 5.74) is 2.59. The van der Waals surface area contributed by atoms with E-state index >= 15 is 0 Å². The van der Waals surface area contributed by atoms with Gasteiger partial charge in [-0.15, -0.1) is 0 Å². The summed E-state index contributed by atoms with van der Waals surface area (Å²) in [6.07, 6.45) is 0. The van der Waals surface area contributed by atoms with Crippen LogP contribution < -0.4 is 0 Å². The maximum absolute atomic E-state index is 6.35. The van der Waals surface area contributed by atoms with E-state index in [9.17, 15) is 0 Å². The fraction of sp³-hybridized carbons (Fsp3) is 0.0667. The molecule has 2 aromatic carbocycles. The summed E-state index contributed by atoms with van der Waals surface area (Å²) in [7, 11) is 0. The van der Waals surface area contributed by atoms with Crippen molar-refractivity contribution >= 4 is 66.0 Å². The molecule has 0 N–H and O–H groups in total. The van der Waals surface area contributed by atoms with Crippen molar-refractivity contribution in [2.75, 3.05) is 0 Å². The van der Waals surface area contributed by atoms with Gasteiger partial charge in [0.05, 0.1) is 15.9 Å². The first kappa shape index (κ1) is 15.2. The Labute approximate surface area is 148 Å². The highest BCUT2D eigenvalue weighted by atomic mass is 79.9. The van der Waals surface area contributed by atoms with Crippen molar-refractivity contribution in [3.8, 4) is 11.4 Å². The molecule has 0 spiro atoms. The maximum atomic E-state index is 6.35. The van der Waals surface area contributed by atoms with Gasteiger partial charge < -0.3 is 0 Å². The molecule has 21 heavy (non-hydrogen) atoms. The predicted molar refractivity (Wildman–Crippen MR) is 95.1 cm³/mol. The van der Waals surface area contributed by atoms with Crippen molar-refractivity contribution in [3.05, 3.63) is 55.0 Å². The number of benzene rings is 2. The number of fused-ring (bicyclic) bond motifs is 1. The lowest BCUT2D eigenvalue weighted by atomic mass is 10.1. The molecule has 0 bridgehead atoms. The molecule has 0 aliphatic rings. The van der Waals surface area contributed by atoms with Gasteiger partial charge in [0.25, 0.3) is 0 Å². The highest BCUT2D eigenvalue weighted by Gasteiger charge is 2.14. The van der Waals surface area contributed by atoms with E-state index in [1.54, 1.807) is 6.07 Å². The molecule has 0 unspecified atom stereocenters. The number of halogens is 4. The van der Waals surface area contributed by atoms with Gasteiger partial charge in [0.15, 0.2) is 5.82 Å². The smallest absolute Gasteiger partial charge is 0.163 e. The van der Waals surface area contributed by atoms with Gasteiger partial charge in [-0.05, 0) is 52.7 Å². The fourth-order valence-corrected chi connectivity index (χ4v) is 3.54. The zero-order chi connectivity index (χ0) is 15.1. The van der Waals surface area contributed by atoms with Crippen molar-refractivity contribution in [2.24, 2.45) is 0 Å². The molecule has 0 amide bonds. The average Bonchev–Trinajstić information content (AvgIpc) is 2.45. The van der Waals surface area contributed by atoms with Crippen molar-refractivity contribution in [1.29, 1.82) is 0 Å². The molecule has 0 aliphatic heterocycles. The molecule has 0 fully saturated rings. The number of aryl methyl sites for hydroxylation is 1. The van der Waals surface area contributed by atoms with Crippen LogP contribution in [0.1, 0.15) is 5.56 Å². The second kappa shape index (κ2) is 5.84. The van der Waals surface area contributed by atoms with Gasteiger partial charge >= 0.3 is 0 Å². The third kappa shape index (κ3) is 2.82. The van der Waals surface area contributed by atoms with Crippen molar-refractivity contribution in [3.63, 3.8) is 0 Å². The molecular formula is C15H8Br2Cl2N2.